The normalized spacial score (nSPS) is 16.4. The highest BCUT2D eigenvalue weighted by molar-refractivity contribution is 5.84. The van der Waals surface area contributed by atoms with Gasteiger partial charge in [-0.2, -0.15) is 13.2 Å². The molecule has 4 nitrogen and oxygen atoms in total. The van der Waals surface area contributed by atoms with Crippen LogP contribution in [0, 0.1) is 0 Å². The van der Waals surface area contributed by atoms with E-state index in [1.165, 1.54) is 25.0 Å². The lowest BCUT2D eigenvalue weighted by Gasteiger charge is -2.29. The Morgan fingerprint density at radius 2 is 1.86 bits per heavy atom. The van der Waals surface area contributed by atoms with Crippen LogP contribution >= 0.6 is 0 Å². The van der Waals surface area contributed by atoms with Crippen LogP contribution in [0.3, 0.4) is 0 Å². The zero-order chi connectivity index (χ0) is 20.1. The fourth-order valence-electron chi connectivity index (χ4n) is 3.45. The molecule has 1 aliphatic heterocycles. The second kappa shape index (κ2) is 8.82. The maximum absolute atomic E-state index is 13.7. The Bertz CT molecular complexity index is 823. The topological polar surface area (TPSA) is 41.6 Å². The standard InChI is InChI=1S/C21H25F3N2O2/c1-2-3-4-5-12-28-18-9-8-15-13-17(7-6-16(15)14-18)20(21(22,23)24)26-11-10-19(27)25-26/h6-9,13-14,20H,2-5,10-12H2,1H3,(H,25,27). The first-order valence-corrected chi connectivity index (χ1v) is 9.68. The second-order valence-corrected chi connectivity index (χ2v) is 7.10. The lowest BCUT2D eigenvalue weighted by atomic mass is 10.0. The van der Waals surface area contributed by atoms with E-state index in [4.69, 9.17) is 4.74 Å². The van der Waals surface area contributed by atoms with E-state index in [1.54, 1.807) is 18.2 Å². The summed E-state index contributed by atoms with van der Waals surface area (Å²) in [5.41, 5.74) is 2.42. The van der Waals surface area contributed by atoms with Crippen LogP contribution in [0.1, 0.15) is 50.6 Å². The highest BCUT2D eigenvalue weighted by Crippen LogP contribution is 2.39. The quantitative estimate of drug-likeness (QED) is 0.631. The Labute approximate surface area is 162 Å². The molecule has 1 saturated heterocycles. The minimum absolute atomic E-state index is 0.0336. The second-order valence-electron chi connectivity index (χ2n) is 7.10. The van der Waals surface area contributed by atoms with E-state index in [0.29, 0.717) is 12.0 Å². The first-order valence-electron chi connectivity index (χ1n) is 9.68. The maximum Gasteiger partial charge on any atom is 0.409 e. The number of alkyl halides is 3. The van der Waals surface area contributed by atoms with Gasteiger partial charge in [-0.1, -0.05) is 44.4 Å². The molecule has 0 aromatic heterocycles. The third kappa shape index (κ3) is 4.95. The largest absolute Gasteiger partial charge is 0.494 e. The predicted molar refractivity (Wildman–Crippen MR) is 102 cm³/mol. The third-order valence-corrected chi connectivity index (χ3v) is 4.89. The number of ether oxygens (including phenoxy) is 1. The van der Waals surface area contributed by atoms with Gasteiger partial charge in [-0.15, -0.1) is 0 Å². The van der Waals surface area contributed by atoms with Crippen molar-refractivity contribution in [1.29, 1.82) is 0 Å². The number of amides is 1. The van der Waals surface area contributed by atoms with E-state index in [-0.39, 0.29) is 18.5 Å². The van der Waals surface area contributed by atoms with Crippen molar-refractivity contribution in [3.05, 3.63) is 42.0 Å². The van der Waals surface area contributed by atoms with Crippen LogP contribution in [0.15, 0.2) is 36.4 Å². The number of benzene rings is 2. The number of nitrogens with zero attached hydrogens (tertiary/aromatic N) is 1. The van der Waals surface area contributed by atoms with E-state index in [1.807, 2.05) is 6.07 Å². The van der Waals surface area contributed by atoms with Gasteiger partial charge in [0, 0.05) is 13.0 Å². The van der Waals surface area contributed by atoms with Crippen molar-refractivity contribution in [2.24, 2.45) is 0 Å². The predicted octanol–water partition coefficient (Wildman–Crippen LogP) is 5.14. The molecule has 1 amide bonds. The average molecular weight is 394 g/mol. The molecule has 1 heterocycles. The van der Waals surface area contributed by atoms with Crippen LogP contribution in [-0.2, 0) is 4.79 Å². The van der Waals surface area contributed by atoms with Crippen molar-refractivity contribution < 1.29 is 22.7 Å². The molecular formula is C21H25F3N2O2. The minimum Gasteiger partial charge on any atom is -0.494 e. The van der Waals surface area contributed by atoms with E-state index in [2.05, 4.69) is 12.3 Å². The molecule has 0 saturated carbocycles. The van der Waals surface area contributed by atoms with Gasteiger partial charge in [-0.3, -0.25) is 10.2 Å². The molecular weight excluding hydrogens is 369 g/mol. The molecule has 2 aromatic carbocycles. The van der Waals surface area contributed by atoms with Gasteiger partial charge < -0.3 is 4.74 Å². The van der Waals surface area contributed by atoms with Crippen molar-refractivity contribution in [3.63, 3.8) is 0 Å². The van der Waals surface area contributed by atoms with E-state index >= 15 is 0 Å². The first-order chi connectivity index (χ1) is 13.4. The summed E-state index contributed by atoms with van der Waals surface area (Å²) in [5, 5.41) is 2.49. The summed E-state index contributed by atoms with van der Waals surface area (Å²) in [4.78, 5) is 11.4. The number of unbranched alkanes of at least 4 members (excludes halogenated alkanes) is 3. The fraction of sp³-hybridized carbons (Fsp3) is 0.476. The number of hydrazine groups is 1. The zero-order valence-corrected chi connectivity index (χ0v) is 15.9. The van der Waals surface area contributed by atoms with Crippen molar-refractivity contribution in [3.8, 4) is 5.75 Å². The number of halogens is 3. The summed E-state index contributed by atoms with van der Waals surface area (Å²) in [6.45, 7) is 2.82. The van der Waals surface area contributed by atoms with Crippen molar-refractivity contribution in [1.82, 2.24) is 10.4 Å². The molecule has 7 heteroatoms. The highest BCUT2D eigenvalue weighted by Gasteiger charge is 2.46. The summed E-state index contributed by atoms with van der Waals surface area (Å²) in [6.07, 6.45) is 0.0327. The van der Waals surface area contributed by atoms with Gasteiger partial charge in [0.15, 0.2) is 0 Å². The van der Waals surface area contributed by atoms with Crippen LogP contribution < -0.4 is 10.2 Å². The summed E-state index contributed by atoms with van der Waals surface area (Å²) in [6, 6.07) is 8.21. The molecule has 1 atom stereocenters. The minimum atomic E-state index is -4.49. The van der Waals surface area contributed by atoms with Crippen LogP contribution in [0.5, 0.6) is 5.75 Å². The van der Waals surface area contributed by atoms with Gasteiger partial charge in [0.25, 0.3) is 0 Å². The monoisotopic (exact) mass is 394 g/mol. The highest BCUT2D eigenvalue weighted by atomic mass is 19.4. The van der Waals surface area contributed by atoms with Crippen LogP contribution in [0.25, 0.3) is 10.8 Å². The van der Waals surface area contributed by atoms with Gasteiger partial charge in [-0.05, 0) is 41.0 Å². The molecule has 1 N–H and O–H groups in total. The van der Waals surface area contributed by atoms with Crippen LogP contribution in [-0.4, -0.2) is 30.2 Å². The van der Waals surface area contributed by atoms with E-state index in [9.17, 15) is 18.0 Å². The molecule has 1 aliphatic rings. The first kappa shape index (κ1) is 20.5. The van der Waals surface area contributed by atoms with Crippen molar-refractivity contribution in [2.45, 2.75) is 51.2 Å². The number of fused-ring (bicyclic) bond motifs is 1. The molecule has 2 aromatic rings. The molecule has 152 valence electrons. The van der Waals surface area contributed by atoms with E-state index < -0.39 is 18.1 Å². The Kier molecular flexibility index (Phi) is 6.44. The number of carbonyl (C=O) groups excluding carboxylic acids is 1. The number of carbonyl (C=O) groups is 1. The SMILES string of the molecule is CCCCCCOc1ccc2cc(C(N3CCC(=O)N3)C(F)(F)F)ccc2c1. The van der Waals surface area contributed by atoms with Gasteiger partial charge in [-0.25, -0.2) is 5.01 Å². The maximum atomic E-state index is 13.7. The van der Waals surface area contributed by atoms with Gasteiger partial charge in [0.2, 0.25) is 5.91 Å². The Hall–Kier alpha value is -2.28. The molecule has 0 aliphatic carbocycles. The van der Waals surface area contributed by atoms with Crippen molar-refractivity contribution in [2.75, 3.05) is 13.2 Å². The summed E-state index contributed by atoms with van der Waals surface area (Å²) in [7, 11) is 0. The number of hydrogen-bond acceptors (Lipinski definition) is 3. The van der Waals surface area contributed by atoms with Crippen LogP contribution in [0.4, 0.5) is 13.2 Å². The fourth-order valence-corrected chi connectivity index (χ4v) is 3.45. The number of nitrogens with one attached hydrogen (secondary N) is 1. The Morgan fingerprint density at radius 3 is 2.54 bits per heavy atom. The lowest BCUT2D eigenvalue weighted by molar-refractivity contribution is -0.191. The lowest BCUT2D eigenvalue weighted by Crippen LogP contribution is -2.43. The molecule has 0 bridgehead atoms. The zero-order valence-electron chi connectivity index (χ0n) is 15.9. The van der Waals surface area contributed by atoms with Crippen molar-refractivity contribution >= 4 is 16.7 Å². The molecule has 0 spiro atoms. The Morgan fingerprint density at radius 1 is 1.11 bits per heavy atom. The summed E-state index contributed by atoms with van der Waals surface area (Å²) in [5.74, 6) is 0.326. The molecule has 3 rings (SSSR count). The Balaban J connectivity index is 1.77. The molecule has 0 radical (unpaired) electrons. The molecule has 1 unspecified atom stereocenters. The summed E-state index contributed by atoms with van der Waals surface area (Å²) < 4.78 is 46.7. The third-order valence-electron chi connectivity index (χ3n) is 4.89. The smallest absolute Gasteiger partial charge is 0.409 e. The number of rotatable bonds is 8. The van der Waals surface area contributed by atoms with Gasteiger partial charge in [0.05, 0.1) is 6.61 Å². The van der Waals surface area contributed by atoms with Gasteiger partial charge >= 0.3 is 6.18 Å². The van der Waals surface area contributed by atoms with Crippen LogP contribution in [0.2, 0.25) is 0 Å². The van der Waals surface area contributed by atoms with E-state index in [0.717, 1.165) is 29.0 Å². The number of hydrogen-bond donors (Lipinski definition) is 1. The summed E-state index contributed by atoms with van der Waals surface area (Å²) >= 11 is 0. The van der Waals surface area contributed by atoms with Gasteiger partial charge in [0.1, 0.15) is 11.8 Å². The average Bonchev–Trinajstić information content (AvgIpc) is 3.06. The molecule has 28 heavy (non-hydrogen) atoms. The molecule has 1 fully saturated rings.